The first kappa shape index (κ1) is 18.7. The predicted octanol–water partition coefficient (Wildman–Crippen LogP) is 2.26. The summed E-state index contributed by atoms with van der Waals surface area (Å²) in [6.45, 7) is 2.61. The van der Waals surface area contributed by atoms with Gasteiger partial charge in [0, 0.05) is 23.4 Å². The molecule has 0 bridgehead atoms. The van der Waals surface area contributed by atoms with Gasteiger partial charge in [0.25, 0.3) is 5.91 Å². The van der Waals surface area contributed by atoms with Crippen molar-refractivity contribution < 1.29 is 19.1 Å². The zero-order chi connectivity index (χ0) is 19.2. The van der Waals surface area contributed by atoms with Crippen LogP contribution >= 0.6 is 0 Å². The van der Waals surface area contributed by atoms with E-state index in [1.165, 1.54) is 0 Å². The second-order valence-electron chi connectivity index (χ2n) is 6.42. The second kappa shape index (κ2) is 8.53. The molecular weight excluding hydrogens is 346 g/mol. The molecule has 0 aliphatic carbocycles. The molecule has 2 heterocycles. The number of allylic oxidation sites excluding steroid dienone is 1. The van der Waals surface area contributed by atoms with Gasteiger partial charge in [-0.2, -0.15) is 0 Å². The van der Waals surface area contributed by atoms with Crippen LogP contribution in [0, 0.1) is 5.92 Å². The van der Waals surface area contributed by atoms with E-state index in [4.69, 9.17) is 4.74 Å². The minimum atomic E-state index is -0.585. The number of ether oxygens (including phenoxy) is 1. The van der Waals surface area contributed by atoms with Crippen LogP contribution in [0.25, 0.3) is 10.9 Å². The van der Waals surface area contributed by atoms with Crippen molar-refractivity contribution in [2.24, 2.45) is 5.92 Å². The molecule has 7 nitrogen and oxygen atoms in total. The van der Waals surface area contributed by atoms with E-state index in [-0.39, 0.29) is 24.1 Å². The van der Waals surface area contributed by atoms with Crippen LogP contribution in [-0.4, -0.2) is 35.9 Å². The van der Waals surface area contributed by atoms with Crippen molar-refractivity contribution in [1.29, 1.82) is 0 Å². The molecule has 1 fully saturated rings. The Balaban J connectivity index is 1.69. The molecule has 1 aromatic carbocycles. The summed E-state index contributed by atoms with van der Waals surface area (Å²) in [4.78, 5) is 39.4. The van der Waals surface area contributed by atoms with E-state index >= 15 is 0 Å². The molecule has 2 amide bonds. The van der Waals surface area contributed by atoms with Gasteiger partial charge in [-0.15, -0.1) is 0 Å². The van der Waals surface area contributed by atoms with Crippen LogP contribution < -0.4 is 10.6 Å². The third-order valence-corrected chi connectivity index (χ3v) is 4.54. The summed E-state index contributed by atoms with van der Waals surface area (Å²) in [5, 5.41) is 6.34. The maximum atomic E-state index is 12.5. The first-order valence-corrected chi connectivity index (χ1v) is 9.12. The van der Waals surface area contributed by atoms with Gasteiger partial charge in [0.1, 0.15) is 11.4 Å². The lowest BCUT2D eigenvalue weighted by Gasteiger charge is -2.09. The number of para-hydroxylation sites is 1. The largest absolute Gasteiger partial charge is 0.461 e. The Labute approximate surface area is 157 Å². The number of nitrogens with one attached hydrogen (secondary N) is 3. The Bertz CT molecular complexity index is 851. The number of esters is 1. The standard InChI is InChI=1S/C20H23N3O4/c1-2-27-20(26)16(9-5-7-13-10-11-21-18(13)24)23-19(25)17-12-14-6-3-4-8-15(14)22-17/h3-4,6,8-9,12-13,22H,2,5,7,10-11H2,1H3,(H,21,24)(H,23,25)/t13-/m0/s1. The van der Waals surface area contributed by atoms with E-state index < -0.39 is 11.9 Å². The molecule has 7 heteroatoms. The summed E-state index contributed by atoms with van der Waals surface area (Å²) in [6.07, 6.45) is 3.54. The Hall–Kier alpha value is -3.09. The molecule has 27 heavy (non-hydrogen) atoms. The molecule has 1 saturated heterocycles. The molecule has 1 atom stereocenters. The first-order chi connectivity index (χ1) is 13.1. The van der Waals surface area contributed by atoms with Gasteiger partial charge in [-0.3, -0.25) is 9.59 Å². The number of carbonyl (C=O) groups excluding carboxylic acids is 3. The molecular formula is C20H23N3O4. The zero-order valence-electron chi connectivity index (χ0n) is 15.2. The number of benzene rings is 1. The van der Waals surface area contributed by atoms with Crippen LogP contribution in [0.5, 0.6) is 0 Å². The van der Waals surface area contributed by atoms with E-state index in [2.05, 4.69) is 15.6 Å². The molecule has 142 valence electrons. The van der Waals surface area contributed by atoms with Crippen LogP contribution in [0.2, 0.25) is 0 Å². The van der Waals surface area contributed by atoms with Gasteiger partial charge in [0.2, 0.25) is 5.91 Å². The van der Waals surface area contributed by atoms with Crippen molar-refractivity contribution in [3.63, 3.8) is 0 Å². The fourth-order valence-corrected chi connectivity index (χ4v) is 3.13. The number of aromatic nitrogens is 1. The van der Waals surface area contributed by atoms with Gasteiger partial charge in [-0.05, 0) is 38.3 Å². The number of rotatable bonds is 7. The quantitative estimate of drug-likeness (QED) is 0.515. The van der Waals surface area contributed by atoms with Crippen molar-refractivity contribution >= 4 is 28.7 Å². The molecule has 0 radical (unpaired) electrons. The maximum Gasteiger partial charge on any atom is 0.354 e. The van der Waals surface area contributed by atoms with Gasteiger partial charge in [-0.1, -0.05) is 24.3 Å². The first-order valence-electron chi connectivity index (χ1n) is 9.12. The smallest absolute Gasteiger partial charge is 0.354 e. The normalized spacial score (nSPS) is 17.0. The molecule has 1 aliphatic rings. The highest BCUT2D eigenvalue weighted by Gasteiger charge is 2.23. The molecule has 0 saturated carbocycles. The summed E-state index contributed by atoms with van der Waals surface area (Å²) in [6, 6.07) is 9.28. The minimum Gasteiger partial charge on any atom is -0.461 e. The van der Waals surface area contributed by atoms with E-state index in [0.29, 0.717) is 25.1 Å². The summed E-state index contributed by atoms with van der Waals surface area (Å²) < 4.78 is 5.03. The number of fused-ring (bicyclic) bond motifs is 1. The number of carbonyl (C=O) groups is 3. The summed E-state index contributed by atoms with van der Waals surface area (Å²) in [7, 11) is 0. The molecule has 2 aromatic rings. The number of aromatic amines is 1. The minimum absolute atomic E-state index is 0.0446. The van der Waals surface area contributed by atoms with Gasteiger partial charge in [0.05, 0.1) is 6.61 Å². The van der Waals surface area contributed by atoms with Crippen molar-refractivity contribution in [2.45, 2.75) is 26.2 Å². The van der Waals surface area contributed by atoms with Crippen LogP contribution in [0.15, 0.2) is 42.1 Å². The number of hydrogen-bond donors (Lipinski definition) is 3. The fourth-order valence-electron chi connectivity index (χ4n) is 3.13. The van der Waals surface area contributed by atoms with Gasteiger partial charge < -0.3 is 20.4 Å². The van der Waals surface area contributed by atoms with Gasteiger partial charge >= 0.3 is 5.97 Å². The van der Waals surface area contributed by atoms with E-state index in [1.54, 1.807) is 19.1 Å². The molecule has 0 unspecified atom stereocenters. The van der Waals surface area contributed by atoms with Crippen molar-refractivity contribution in [2.75, 3.05) is 13.2 Å². The average Bonchev–Trinajstić information content (AvgIpc) is 3.27. The predicted molar refractivity (Wildman–Crippen MR) is 101 cm³/mol. The molecule has 3 rings (SSSR count). The third kappa shape index (κ3) is 4.55. The van der Waals surface area contributed by atoms with Crippen LogP contribution in [0.3, 0.4) is 0 Å². The lowest BCUT2D eigenvalue weighted by Crippen LogP contribution is -2.29. The van der Waals surface area contributed by atoms with Crippen molar-refractivity contribution in [1.82, 2.24) is 15.6 Å². The summed E-state index contributed by atoms with van der Waals surface area (Å²) in [5.41, 5.74) is 1.30. The third-order valence-electron chi connectivity index (χ3n) is 4.54. The van der Waals surface area contributed by atoms with E-state index in [0.717, 1.165) is 17.3 Å². The lowest BCUT2D eigenvalue weighted by molar-refractivity contribution is -0.138. The Morgan fingerprint density at radius 2 is 2.15 bits per heavy atom. The zero-order valence-corrected chi connectivity index (χ0v) is 15.2. The highest BCUT2D eigenvalue weighted by molar-refractivity contribution is 6.02. The van der Waals surface area contributed by atoms with Crippen LogP contribution in [0.1, 0.15) is 36.7 Å². The fraction of sp³-hybridized carbons (Fsp3) is 0.350. The molecule has 1 aromatic heterocycles. The second-order valence-corrected chi connectivity index (χ2v) is 6.42. The van der Waals surface area contributed by atoms with Gasteiger partial charge in [0.15, 0.2) is 0 Å². The topological polar surface area (TPSA) is 100 Å². The molecule has 1 aliphatic heterocycles. The Morgan fingerprint density at radius 3 is 2.85 bits per heavy atom. The van der Waals surface area contributed by atoms with Crippen LogP contribution in [-0.2, 0) is 14.3 Å². The van der Waals surface area contributed by atoms with Crippen molar-refractivity contribution in [3.8, 4) is 0 Å². The molecule has 0 spiro atoms. The SMILES string of the molecule is CCOC(=O)C(=CCC[C@H]1CCNC1=O)NC(=O)c1cc2ccccc2[nH]1. The number of H-pyrrole nitrogens is 1. The molecule has 3 N–H and O–H groups in total. The summed E-state index contributed by atoms with van der Waals surface area (Å²) in [5.74, 6) is -1.00. The van der Waals surface area contributed by atoms with E-state index in [9.17, 15) is 14.4 Å². The number of hydrogen-bond acceptors (Lipinski definition) is 4. The average molecular weight is 369 g/mol. The lowest BCUT2D eigenvalue weighted by atomic mass is 10.0. The van der Waals surface area contributed by atoms with E-state index in [1.807, 2.05) is 24.3 Å². The van der Waals surface area contributed by atoms with Crippen molar-refractivity contribution in [3.05, 3.63) is 47.8 Å². The summed E-state index contributed by atoms with van der Waals surface area (Å²) >= 11 is 0. The monoisotopic (exact) mass is 369 g/mol. The highest BCUT2D eigenvalue weighted by Crippen LogP contribution is 2.17. The Kier molecular flexibility index (Phi) is 5.90. The Morgan fingerprint density at radius 1 is 1.33 bits per heavy atom. The maximum absolute atomic E-state index is 12.5. The highest BCUT2D eigenvalue weighted by atomic mass is 16.5. The van der Waals surface area contributed by atoms with Gasteiger partial charge in [-0.25, -0.2) is 4.79 Å². The number of amides is 2. The van der Waals surface area contributed by atoms with Crippen LogP contribution in [0.4, 0.5) is 0 Å².